The van der Waals surface area contributed by atoms with Crippen molar-refractivity contribution in [3.63, 3.8) is 0 Å². The number of amides is 2. The zero-order chi connectivity index (χ0) is 25.1. The Kier molecular flexibility index (Phi) is 3.96. The van der Waals surface area contributed by atoms with Crippen LogP contribution in [0.5, 0.6) is 0 Å². The highest BCUT2D eigenvalue weighted by Gasteiger charge is 2.73. The summed E-state index contributed by atoms with van der Waals surface area (Å²) in [6.45, 7) is 0.676. The van der Waals surface area contributed by atoms with Crippen LogP contribution >= 0.6 is 0 Å². The number of fused-ring (bicyclic) bond motifs is 11. The Morgan fingerprint density at radius 1 is 0.865 bits per heavy atom. The molecular formula is C29H21FN4O3. The minimum Gasteiger partial charge on any atom is -0.283 e. The number of nitrogens with zero attached hydrogens (tertiary/aromatic N) is 4. The predicted molar refractivity (Wildman–Crippen MR) is 134 cm³/mol. The van der Waals surface area contributed by atoms with E-state index >= 15 is 0 Å². The second kappa shape index (κ2) is 6.98. The zero-order valence-corrected chi connectivity index (χ0v) is 19.7. The number of hydrogen-bond acceptors (Lipinski definition) is 5. The van der Waals surface area contributed by atoms with Crippen molar-refractivity contribution in [2.45, 2.75) is 24.4 Å². The van der Waals surface area contributed by atoms with E-state index in [1.807, 2.05) is 36.4 Å². The normalized spacial score (nSPS) is 27.7. The lowest BCUT2D eigenvalue weighted by molar-refractivity contribution is -0.124. The summed E-state index contributed by atoms with van der Waals surface area (Å²) in [5, 5.41) is 0.493. The fraction of sp³-hybridized carbons (Fsp3) is 0.241. The van der Waals surface area contributed by atoms with Gasteiger partial charge in [-0.15, -0.1) is 0 Å². The summed E-state index contributed by atoms with van der Waals surface area (Å²) >= 11 is 0. The van der Waals surface area contributed by atoms with Gasteiger partial charge >= 0.3 is 0 Å². The van der Waals surface area contributed by atoms with Gasteiger partial charge in [-0.2, -0.15) is 0 Å². The van der Waals surface area contributed by atoms with E-state index in [0.29, 0.717) is 29.0 Å². The first kappa shape index (κ1) is 21.0. The van der Waals surface area contributed by atoms with E-state index < -0.39 is 29.1 Å². The van der Waals surface area contributed by atoms with E-state index in [4.69, 9.17) is 4.98 Å². The van der Waals surface area contributed by atoms with Crippen LogP contribution in [0.2, 0.25) is 0 Å². The van der Waals surface area contributed by atoms with E-state index in [1.54, 1.807) is 22.8 Å². The van der Waals surface area contributed by atoms with Gasteiger partial charge in [-0.25, -0.2) is 14.3 Å². The molecule has 1 aromatic heterocycles. The molecule has 0 unspecified atom stereocenters. The summed E-state index contributed by atoms with van der Waals surface area (Å²) in [7, 11) is 0. The first-order chi connectivity index (χ1) is 18.0. The lowest BCUT2D eigenvalue weighted by atomic mass is 9.75. The van der Waals surface area contributed by atoms with E-state index in [1.165, 1.54) is 18.2 Å². The molecule has 182 valence electrons. The van der Waals surface area contributed by atoms with Crippen molar-refractivity contribution in [1.82, 2.24) is 14.5 Å². The number of hydrogen-bond donors (Lipinski definition) is 0. The van der Waals surface area contributed by atoms with Gasteiger partial charge in [0.15, 0.2) is 0 Å². The van der Waals surface area contributed by atoms with E-state index in [0.717, 1.165) is 23.3 Å². The predicted octanol–water partition coefficient (Wildman–Crippen LogP) is 3.37. The summed E-state index contributed by atoms with van der Waals surface area (Å²) in [6, 6.07) is 20.5. The van der Waals surface area contributed by atoms with Crippen molar-refractivity contribution in [3.05, 3.63) is 100 Å². The second-order valence-corrected chi connectivity index (χ2v) is 10.2. The van der Waals surface area contributed by atoms with Gasteiger partial charge < -0.3 is 0 Å². The zero-order valence-electron chi connectivity index (χ0n) is 19.7. The Morgan fingerprint density at radius 3 is 2.43 bits per heavy atom. The number of rotatable bonds is 1. The van der Waals surface area contributed by atoms with Crippen LogP contribution in [0.1, 0.15) is 24.2 Å². The van der Waals surface area contributed by atoms with Crippen LogP contribution in [0.4, 0.5) is 10.1 Å². The van der Waals surface area contributed by atoms with Gasteiger partial charge in [-0.05, 0) is 49.7 Å². The van der Waals surface area contributed by atoms with Gasteiger partial charge in [-0.3, -0.25) is 23.9 Å². The number of carbonyl (C=O) groups is 2. The molecule has 8 heteroatoms. The molecule has 4 aliphatic rings. The third kappa shape index (κ3) is 2.31. The molecular weight excluding hydrogens is 471 g/mol. The third-order valence-electron chi connectivity index (χ3n) is 8.73. The molecule has 2 amide bonds. The van der Waals surface area contributed by atoms with Crippen LogP contribution in [0.3, 0.4) is 0 Å². The van der Waals surface area contributed by atoms with Gasteiger partial charge in [0.2, 0.25) is 11.8 Å². The number of carbonyl (C=O) groups excluding carboxylic acids is 2. The summed E-state index contributed by atoms with van der Waals surface area (Å²) in [6.07, 6.45) is 1.60. The molecule has 4 atom stereocenters. The standard InChI is InChI=1S/C29H21FN4O3/c30-18-10-3-6-13-21(18)33-26(36)23-22-14-7-15-32(22)29(24(23)27(33)37)17-9-2-5-12-20(17)34-25(35)16-8-1-4-11-19(16)31-28(29)34/h1-6,8-13,22-24H,7,14-15H2/t22-,23+,24-,29-/m0/s1. The van der Waals surface area contributed by atoms with Crippen molar-refractivity contribution in [2.24, 2.45) is 11.8 Å². The number of imide groups is 1. The topological polar surface area (TPSA) is 75.5 Å². The van der Waals surface area contributed by atoms with Crippen LogP contribution < -0.4 is 10.5 Å². The molecule has 4 aromatic rings. The van der Waals surface area contributed by atoms with Gasteiger partial charge in [0.05, 0.1) is 34.1 Å². The number of anilines is 1. The van der Waals surface area contributed by atoms with Crippen molar-refractivity contribution >= 4 is 28.4 Å². The van der Waals surface area contributed by atoms with Crippen LogP contribution in [0, 0.1) is 17.7 Å². The highest BCUT2D eigenvalue weighted by Crippen LogP contribution is 2.62. The lowest BCUT2D eigenvalue weighted by Gasteiger charge is -2.38. The molecule has 37 heavy (non-hydrogen) atoms. The Morgan fingerprint density at radius 2 is 1.59 bits per heavy atom. The Balaban J connectivity index is 1.46. The molecule has 0 radical (unpaired) electrons. The van der Waals surface area contributed by atoms with Crippen molar-refractivity contribution in [3.8, 4) is 5.69 Å². The molecule has 8 rings (SSSR count). The van der Waals surface area contributed by atoms with E-state index in [-0.39, 0.29) is 23.2 Å². The monoisotopic (exact) mass is 492 g/mol. The number of para-hydroxylation sites is 3. The average molecular weight is 493 g/mol. The first-order valence-electron chi connectivity index (χ1n) is 12.6. The fourth-order valence-electron chi connectivity index (χ4n) is 7.48. The van der Waals surface area contributed by atoms with Crippen LogP contribution in [0.25, 0.3) is 16.6 Å². The molecule has 0 saturated carbocycles. The summed E-state index contributed by atoms with van der Waals surface area (Å²) in [4.78, 5) is 50.4. The number of aromatic nitrogens is 2. The quantitative estimate of drug-likeness (QED) is 0.381. The smallest absolute Gasteiger partial charge is 0.266 e. The molecule has 0 bridgehead atoms. The van der Waals surface area contributed by atoms with Crippen LogP contribution in [0.15, 0.2) is 77.6 Å². The highest BCUT2D eigenvalue weighted by atomic mass is 19.1. The third-order valence-corrected chi connectivity index (χ3v) is 8.73. The molecule has 0 aliphatic carbocycles. The maximum absolute atomic E-state index is 14.9. The van der Waals surface area contributed by atoms with Gasteiger partial charge in [-0.1, -0.05) is 42.5 Å². The molecule has 5 heterocycles. The maximum Gasteiger partial charge on any atom is 0.266 e. The molecule has 3 saturated heterocycles. The molecule has 3 fully saturated rings. The SMILES string of the molecule is O=C1[C@H]2[C@@H](C(=O)N1c1ccccc1F)[C@]1(c3ccccc3-n3c1nc1ccccc1c3=O)N1CCC[C@@H]21. The minimum atomic E-state index is -1.10. The fourth-order valence-corrected chi connectivity index (χ4v) is 7.48. The molecule has 3 aromatic carbocycles. The number of benzene rings is 3. The minimum absolute atomic E-state index is 0.0262. The molecule has 4 aliphatic heterocycles. The lowest BCUT2D eigenvalue weighted by Crippen LogP contribution is -2.51. The molecule has 0 N–H and O–H groups in total. The Hall–Kier alpha value is -4.17. The maximum atomic E-state index is 14.9. The Labute approximate surface area is 210 Å². The first-order valence-corrected chi connectivity index (χ1v) is 12.6. The second-order valence-electron chi connectivity index (χ2n) is 10.2. The van der Waals surface area contributed by atoms with E-state index in [9.17, 15) is 18.8 Å². The largest absolute Gasteiger partial charge is 0.283 e. The van der Waals surface area contributed by atoms with E-state index in [2.05, 4.69) is 4.90 Å². The highest BCUT2D eigenvalue weighted by molar-refractivity contribution is 6.23. The summed E-state index contributed by atoms with van der Waals surface area (Å²) in [5.41, 5.74) is 0.696. The number of halogens is 1. The molecule has 1 spiro atoms. The Bertz CT molecular complexity index is 1750. The van der Waals surface area contributed by atoms with Gasteiger partial charge in [0.25, 0.3) is 5.56 Å². The summed E-state index contributed by atoms with van der Waals surface area (Å²) < 4.78 is 16.5. The van der Waals surface area contributed by atoms with Gasteiger partial charge in [0.1, 0.15) is 17.2 Å². The molecule has 7 nitrogen and oxygen atoms in total. The van der Waals surface area contributed by atoms with Crippen molar-refractivity contribution < 1.29 is 14.0 Å². The summed E-state index contributed by atoms with van der Waals surface area (Å²) in [5.74, 6) is -2.46. The van der Waals surface area contributed by atoms with Crippen molar-refractivity contribution in [2.75, 3.05) is 11.4 Å². The van der Waals surface area contributed by atoms with Gasteiger partial charge in [0, 0.05) is 11.6 Å². The average Bonchev–Trinajstić information content (AvgIpc) is 3.62. The van der Waals surface area contributed by atoms with Crippen LogP contribution in [-0.2, 0) is 15.1 Å². The van der Waals surface area contributed by atoms with Crippen LogP contribution in [-0.4, -0.2) is 38.9 Å². The van der Waals surface area contributed by atoms with Crippen molar-refractivity contribution in [1.29, 1.82) is 0 Å².